The SMILES string of the molecule is O=C(O)c1cccc(CN2CN(c3ccccc3)C3(CCN(CCCc4c[nH]c5ccccc45)CC3)C2=O)c1. The van der Waals surface area contributed by atoms with Crippen LogP contribution in [0.15, 0.2) is 85.1 Å². The second kappa shape index (κ2) is 10.6. The van der Waals surface area contributed by atoms with Gasteiger partial charge in [0.1, 0.15) is 5.54 Å². The molecule has 0 aliphatic carbocycles. The van der Waals surface area contributed by atoms with Crippen molar-refractivity contribution >= 4 is 28.5 Å². The Morgan fingerprint density at radius 1 is 0.949 bits per heavy atom. The zero-order chi connectivity index (χ0) is 26.8. The van der Waals surface area contributed by atoms with Gasteiger partial charge in [0, 0.05) is 42.4 Å². The number of piperidine rings is 1. The van der Waals surface area contributed by atoms with Crippen LogP contribution in [0.1, 0.15) is 40.7 Å². The van der Waals surface area contributed by atoms with E-state index in [4.69, 9.17) is 0 Å². The molecule has 7 nitrogen and oxygen atoms in total. The van der Waals surface area contributed by atoms with Crippen molar-refractivity contribution in [1.29, 1.82) is 0 Å². The second-order valence-electron chi connectivity index (χ2n) is 10.7. The largest absolute Gasteiger partial charge is 0.478 e. The van der Waals surface area contributed by atoms with Crippen LogP contribution in [0.4, 0.5) is 5.69 Å². The molecule has 3 aromatic carbocycles. The second-order valence-corrected chi connectivity index (χ2v) is 10.7. The highest BCUT2D eigenvalue weighted by Gasteiger charge is 2.53. The number of carbonyl (C=O) groups excluding carboxylic acids is 1. The molecule has 2 saturated heterocycles. The summed E-state index contributed by atoms with van der Waals surface area (Å²) < 4.78 is 0. The van der Waals surface area contributed by atoms with Gasteiger partial charge in [-0.25, -0.2) is 4.79 Å². The molecule has 4 aromatic rings. The number of para-hydroxylation sites is 2. The molecule has 0 radical (unpaired) electrons. The zero-order valence-electron chi connectivity index (χ0n) is 22.1. The molecule has 0 unspecified atom stereocenters. The number of amides is 1. The van der Waals surface area contributed by atoms with Gasteiger partial charge in [0.25, 0.3) is 0 Å². The highest BCUT2D eigenvalue weighted by atomic mass is 16.4. The van der Waals surface area contributed by atoms with Crippen molar-refractivity contribution in [1.82, 2.24) is 14.8 Å². The van der Waals surface area contributed by atoms with Crippen molar-refractivity contribution < 1.29 is 14.7 Å². The first kappa shape index (κ1) is 25.2. The van der Waals surface area contributed by atoms with E-state index < -0.39 is 11.5 Å². The molecule has 3 heterocycles. The Labute approximate surface area is 228 Å². The Kier molecular flexibility index (Phi) is 6.83. The van der Waals surface area contributed by atoms with Gasteiger partial charge in [-0.3, -0.25) is 4.79 Å². The van der Waals surface area contributed by atoms with Gasteiger partial charge in [0.05, 0.1) is 12.2 Å². The van der Waals surface area contributed by atoms with E-state index in [9.17, 15) is 14.7 Å². The molecule has 2 fully saturated rings. The fourth-order valence-electron chi connectivity index (χ4n) is 6.32. The summed E-state index contributed by atoms with van der Waals surface area (Å²) in [7, 11) is 0. The number of aryl methyl sites for hydroxylation is 1. The Morgan fingerprint density at radius 3 is 2.51 bits per heavy atom. The fourth-order valence-corrected chi connectivity index (χ4v) is 6.32. The minimum atomic E-state index is -0.955. The van der Waals surface area contributed by atoms with Gasteiger partial charge in [-0.1, -0.05) is 48.5 Å². The van der Waals surface area contributed by atoms with Crippen molar-refractivity contribution in [2.24, 2.45) is 0 Å². The number of rotatable bonds is 8. The minimum Gasteiger partial charge on any atom is -0.478 e. The van der Waals surface area contributed by atoms with Gasteiger partial charge in [-0.05, 0) is 73.7 Å². The fraction of sp³-hybridized carbons (Fsp3) is 0.312. The summed E-state index contributed by atoms with van der Waals surface area (Å²) in [6, 6.07) is 25.6. The quantitative estimate of drug-likeness (QED) is 0.335. The van der Waals surface area contributed by atoms with E-state index in [1.165, 1.54) is 16.5 Å². The van der Waals surface area contributed by atoms with E-state index in [0.717, 1.165) is 56.6 Å². The van der Waals surface area contributed by atoms with Gasteiger partial charge >= 0.3 is 5.97 Å². The van der Waals surface area contributed by atoms with Gasteiger partial charge in [-0.2, -0.15) is 0 Å². The molecule has 2 N–H and O–H groups in total. The van der Waals surface area contributed by atoms with Gasteiger partial charge in [-0.15, -0.1) is 0 Å². The molecule has 0 atom stereocenters. The smallest absolute Gasteiger partial charge is 0.335 e. The minimum absolute atomic E-state index is 0.144. The number of likely N-dealkylation sites (tertiary alicyclic amines) is 1. The Morgan fingerprint density at radius 2 is 1.72 bits per heavy atom. The Bertz CT molecular complexity index is 1470. The molecule has 1 spiro atoms. The highest BCUT2D eigenvalue weighted by molar-refractivity contribution is 5.94. The number of nitrogens with zero attached hydrogens (tertiary/aromatic N) is 3. The van der Waals surface area contributed by atoms with Crippen LogP contribution in [-0.4, -0.2) is 63.6 Å². The number of carbonyl (C=O) groups is 2. The first-order chi connectivity index (χ1) is 19.0. The van der Waals surface area contributed by atoms with Crippen molar-refractivity contribution in [2.75, 3.05) is 31.2 Å². The monoisotopic (exact) mass is 522 g/mol. The standard InChI is InChI=1S/C32H34N4O3/c37-30(38)25-9-6-8-24(20-25)22-35-23-36(27-11-2-1-3-12-27)32(31(35)39)15-18-34(19-16-32)17-7-10-26-21-33-29-14-5-4-13-28(26)29/h1-6,8-9,11-14,20-21,33H,7,10,15-19,22-23H2,(H,37,38). The summed E-state index contributed by atoms with van der Waals surface area (Å²) in [5.41, 5.74) is 4.12. The lowest BCUT2D eigenvalue weighted by Crippen LogP contribution is -2.56. The third-order valence-electron chi connectivity index (χ3n) is 8.41. The van der Waals surface area contributed by atoms with E-state index in [0.29, 0.717) is 13.2 Å². The van der Waals surface area contributed by atoms with E-state index in [1.54, 1.807) is 18.2 Å². The summed E-state index contributed by atoms with van der Waals surface area (Å²) in [6.45, 7) is 3.68. The summed E-state index contributed by atoms with van der Waals surface area (Å²) in [6.07, 6.45) is 5.80. The average molecular weight is 523 g/mol. The number of nitrogens with one attached hydrogen (secondary N) is 1. The van der Waals surface area contributed by atoms with E-state index in [-0.39, 0.29) is 11.5 Å². The molecule has 0 saturated carbocycles. The van der Waals surface area contributed by atoms with Gasteiger partial charge in [0.2, 0.25) is 5.91 Å². The average Bonchev–Trinajstić information content (AvgIpc) is 3.49. The number of H-pyrrole nitrogens is 1. The van der Waals surface area contributed by atoms with E-state index >= 15 is 0 Å². The predicted molar refractivity (Wildman–Crippen MR) is 153 cm³/mol. The summed E-state index contributed by atoms with van der Waals surface area (Å²) >= 11 is 0. The first-order valence-electron chi connectivity index (χ1n) is 13.8. The molecule has 39 heavy (non-hydrogen) atoms. The number of hydrogen-bond acceptors (Lipinski definition) is 4. The maximum absolute atomic E-state index is 14.0. The van der Waals surface area contributed by atoms with Gasteiger partial charge < -0.3 is 24.8 Å². The van der Waals surface area contributed by atoms with Crippen LogP contribution >= 0.6 is 0 Å². The number of fused-ring (bicyclic) bond motifs is 1. The predicted octanol–water partition coefficient (Wildman–Crippen LogP) is 5.14. The summed E-state index contributed by atoms with van der Waals surface area (Å²) in [4.78, 5) is 35.5. The number of anilines is 1. The number of aromatic amines is 1. The van der Waals surface area contributed by atoms with Crippen molar-refractivity contribution in [2.45, 2.75) is 37.8 Å². The maximum Gasteiger partial charge on any atom is 0.335 e. The molecule has 6 rings (SSSR count). The lowest BCUT2D eigenvalue weighted by atomic mass is 9.85. The number of hydrogen-bond donors (Lipinski definition) is 2. The van der Waals surface area contributed by atoms with E-state index in [2.05, 4.69) is 57.4 Å². The number of aromatic carboxylic acids is 1. The van der Waals surface area contributed by atoms with Crippen LogP contribution in [0.2, 0.25) is 0 Å². The Balaban J connectivity index is 1.14. The van der Waals surface area contributed by atoms with Crippen LogP contribution in [0.25, 0.3) is 10.9 Å². The summed E-state index contributed by atoms with van der Waals surface area (Å²) in [5, 5.41) is 10.7. The number of benzene rings is 3. The third kappa shape index (κ3) is 4.90. The first-order valence-corrected chi connectivity index (χ1v) is 13.8. The lowest BCUT2D eigenvalue weighted by molar-refractivity contribution is -0.134. The number of aromatic nitrogens is 1. The molecule has 2 aliphatic heterocycles. The molecule has 0 bridgehead atoms. The molecule has 1 aromatic heterocycles. The highest BCUT2D eigenvalue weighted by Crippen LogP contribution is 2.40. The molecule has 7 heteroatoms. The normalized spacial score (nSPS) is 17.4. The molecule has 2 aliphatic rings. The zero-order valence-corrected chi connectivity index (χ0v) is 22.1. The van der Waals surface area contributed by atoms with Crippen LogP contribution < -0.4 is 4.90 Å². The van der Waals surface area contributed by atoms with Crippen LogP contribution in [0.5, 0.6) is 0 Å². The molecule has 1 amide bonds. The van der Waals surface area contributed by atoms with Crippen LogP contribution in [-0.2, 0) is 17.8 Å². The topological polar surface area (TPSA) is 79.9 Å². The summed E-state index contributed by atoms with van der Waals surface area (Å²) in [5.74, 6) is -0.811. The molecular formula is C32H34N4O3. The van der Waals surface area contributed by atoms with Gasteiger partial charge in [0.15, 0.2) is 0 Å². The van der Waals surface area contributed by atoms with Crippen molar-refractivity contribution in [3.8, 4) is 0 Å². The number of carboxylic acids is 1. The third-order valence-corrected chi connectivity index (χ3v) is 8.41. The van der Waals surface area contributed by atoms with Crippen molar-refractivity contribution in [3.63, 3.8) is 0 Å². The van der Waals surface area contributed by atoms with Crippen LogP contribution in [0, 0.1) is 0 Å². The lowest BCUT2D eigenvalue weighted by Gasteiger charge is -2.43. The van der Waals surface area contributed by atoms with Crippen molar-refractivity contribution in [3.05, 3.63) is 102 Å². The van der Waals surface area contributed by atoms with Crippen LogP contribution in [0.3, 0.4) is 0 Å². The Hall–Kier alpha value is -4.10. The maximum atomic E-state index is 14.0. The molecule has 200 valence electrons. The number of carboxylic acid groups (broad SMARTS) is 1. The van der Waals surface area contributed by atoms with E-state index in [1.807, 2.05) is 29.2 Å². The molecular weight excluding hydrogens is 488 g/mol.